The molecule has 0 saturated carbocycles. The maximum Gasteiger partial charge on any atom is 0.408 e. The SMILES string of the molecule is O=C(NC(C(=O)O)c1cn(CCCO)nn1)OCc1ccccc1. The molecule has 0 bridgehead atoms. The van der Waals surface area contributed by atoms with Crippen LogP contribution in [-0.2, 0) is 22.7 Å². The molecule has 3 N–H and O–H groups in total. The summed E-state index contributed by atoms with van der Waals surface area (Å²) in [6.45, 7) is 0.415. The second kappa shape index (κ2) is 8.63. The fourth-order valence-electron chi connectivity index (χ4n) is 1.93. The van der Waals surface area contributed by atoms with Gasteiger partial charge in [0.1, 0.15) is 12.3 Å². The molecule has 0 aliphatic heterocycles. The molecule has 9 heteroatoms. The van der Waals surface area contributed by atoms with E-state index in [2.05, 4.69) is 15.6 Å². The van der Waals surface area contributed by atoms with Crippen molar-refractivity contribution in [3.8, 4) is 0 Å². The summed E-state index contributed by atoms with van der Waals surface area (Å²) in [7, 11) is 0. The minimum atomic E-state index is -1.36. The van der Waals surface area contributed by atoms with Crippen LogP contribution in [-0.4, -0.2) is 43.9 Å². The molecule has 2 aromatic rings. The maximum absolute atomic E-state index is 11.8. The number of rotatable bonds is 8. The van der Waals surface area contributed by atoms with Crippen LogP contribution in [0.2, 0.25) is 0 Å². The molecule has 1 atom stereocenters. The Morgan fingerprint density at radius 1 is 1.29 bits per heavy atom. The molecule has 1 aromatic heterocycles. The van der Waals surface area contributed by atoms with Crippen LogP contribution in [0, 0.1) is 0 Å². The lowest BCUT2D eigenvalue weighted by Crippen LogP contribution is -2.34. The molecule has 128 valence electrons. The molecule has 1 aromatic carbocycles. The Balaban J connectivity index is 1.94. The summed E-state index contributed by atoms with van der Waals surface area (Å²) in [4.78, 5) is 23.1. The Hall–Kier alpha value is -2.94. The van der Waals surface area contributed by atoms with E-state index >= 15 is 0 Å². The number of carbonyl (C=O) groups is 2. The van der Waals surface area contributed by atoms with Gasteiger partial charge in [-0.05, 0) is 12.0 Å². The molecule has 0 fully saturated rings. The van der Waals surface area contributed by atoms with Crippen molar-refractivity contribution in [3.63, 3.8) is 0 Å². The average molecular weight is 334 g/mol. The number of ether oxygens (including phenoxy) is 1. The minimum absolute atomic E-state index is 0.0123. The third-order valence-electron chi connectivity index (χ3n) is 3.12. The lowest BCUT2D eigenvalue weighted by atomic mass is 10.2. The molecule has 0 spiro atoms. The third-order valence-corrected chi connectivity index (χ3v) is 3.12. The maximum atomic E-state index is 11.8. The molecular formula is C15H18N4O5. The van der Waals surface area contributed by atoms with Crippen LogP contribution < -0.4 is 5.32 Å². The van der Waals surface area contributed by atoms with E-state index in [1.807, 2.05) is 6.07 Å². The van der Waals surface area contributed by atoms with E-state index in [4.69, 9.17) is 9.84 Å². The number of aliphatic carboxylic acids is 1. The standard InChI is InChI=1S/C15H18N4O5/c20-8-4-7-19-9-12(17-18-19)13(14(21)22)16-15(23)24-10-11-5-2-1-3-6-11/h1-3,5-6,9,13,20H,4,7-8,10H2,(H,16,23)(H,21,22). The summed E-state index contributed by atoms with van der Waals surface area (Å²) in [6.07, 6.45) is 1.01. The Morgan fingerprint density at radius 2 is 2.04 bits per heavy atom. The van der Waals surface area contributed by atoms with E-state index in [1.54, 1.807) is 24.3 Å². The molecule has 2 rings (SSSR count). The Labute approximate surface area is 137 Å². The number of aromatic nitrogens is 3. The number of amides is 1. The number of carbonyl (C=O) groups excluding carboxylic acids is 1. The van der Waals surface area contributed by atoms with Crippen molar-refractivity contribution in [2.75, 3.05) is 6.61 Å². The number of carboxylic acid groups (broad SMARTS) is 1. The molecule has 0 saturated heterocycles. The lowest BCUT2D eigenvalue weighted by Gasteiger charge is -2.12. The van der Waals surface area contributed by atoms with Gasteiger partial charge in [-0.1, -0.05) is 35.5 Å². The monoisotopic (exact) mass is 334 g/mol. The summed E-state index contributed by atoms with van der Waals surface area (Å²) in [5, 5.41) is 27.8. The highest BCUT2D eigenvalue weighted by Gasteiger charge is 2.26. The number of hydrogen-bond acceptors (Lipinski definition) is 6. The van der Waals surface area contributed by atoms with Crippen molar-refractivity contribution in [3.05, 3.63) is 47.8 Å². The highest BCUT2D eigenvalue weighted by Crippen LogP contribution is 2.10. The molecule has 1 amide bonds. The zero-order valence-corrected chi connectivity index (χ0v) is 12.8. The molecule has 0 radical (unpaired) electrons. The largest absolute Gasteiger partial charge is 0.479 e. The fourth-order valence-corrected chi connectivity index (χ4v) is 1.93. The van der Waals surface area contributed by atoms with Gasteiger partial charge < -0.3 is 20.3 Å². The van der Waals surface area contributed by atoms with Gasteiger partial charge >= 0.3 is 12.1 Å². The van der Waals surface area contributed by atoms with E-state index in [1.165, 1.54) is 10.9 Å². The van der Waals surface area contributed by atoms with Crippen molar-refractivity contribution in [1.29, 1.82) is 0 Å². The number of aryl methyl sites for hydroxylation is 1. The van der Waals surface area contributed by atoms with Crippen molar-refractivity contribution in [1.82, 2.24) is 20.3 Å². The van der Waals surface area contributed by atoms with Crippen LogP contribution in [0.1, 0.15) is 23.7 Å². The fraction of sp³-hybridized carbons (Fsp3) is 0.333. The first-order chi connectivity index (χ1) is 11.6. The van der Waals surface area contributed by atoms with Gasteiger partial charge in [-0.25, -0.2) is 9.59 Å². The van der Waals surface area contributed by atoms with Gasteiger partial charge in [0, 0.05) is 13.2 Å². The first kappa shape index (κ1) is 17.4. The number of nitrogens with one attached hydrogen (secondary N) is 1. The molecule has 0 aliphatic carbocycles. The molecule has 1 heterocycles. The zero-order valence-electron chi connectivity index (χ0n) is 12.8. The zero-order chi connectivity index (χ0) is 17.4. The van der Waals surface area contributed by atoms with Gasteiger partial charge in [0.15, 0.2) is 6.04 Å². The van der Waals surface area contributed by atoms with Crippen LogP contribution in [0.15, 0.2) is 36.5 Å². The van der Waals surface area contributed by atoms with Crippen molar-refractivity contribution >= 4 is 12.1 Å². The first-order valence-corrected chi connectivity index (χ1v) is 7.31. The van der Waals surface area contributed by atoms with E-state index in [9.17, 15) is 14.7 Å². The van der Waals surface area contributed by atoms with E-state index in [-0.39, 0.29) is 18.9 Å². The lowest BCUT2D eigenvalue weighted by molar-refractivity contribution is -0.139. The van der Waals surface area contributed by atoms with Crippen LogP contribution in [0.3, 0.4) is 0 Å². The number of aliphatic hydroxyl groups is 1. The number of nitrogens with zero attached hydrogens (tertiary/aromatic N) is 3. The summed E-state index contributed by atoms with van der Waals surface area (Å²) in [5.41, 5.74) is 0.867. The van der Waals surface area contributed by atoms with Gasteiger partial charge in [0.2, 0.25) is 0 Å². The van der Waals surface area contributed by atoms with Crippen molar-refractivity contribution in [2.45, 2.75) is 25.6 Å². The summed E-state index contributed by atoms with van der Waals surface area (Å²) in [6, 6.07) is 7.66. The molecule has 9 nitrogen and oxygen atoms in total. The molecule has 0 aliphatic rings. The normalized spacial score (nSPS) is 11.7. The molecule has 1 unspecified atom stereocenters. The second-order valence-electron chi connectivity index (χ2n) is 4.96. The number of carboxylic acids is 1. The predicted molar refractivity (Wildman–Crippen MR) is 81.9 cm³/mol. The van der Waals surface area contributed by atoms with Gasteiger partial charge in [0.05, 0.1) is 6.20 Å². The van der Waals surface area contributed by atoms with Gasteiger partial charge in [0.25, 0.3) is 0 Å². The Bertz CT molecular complexity index is 674. The van der Waals surface area contributed by atoms with Gasteiger partial charge in [-0.15, -0.1) is 5.10 Å². The van der Waals surface area contributed by atoms with Crippen molar-refractivity contribution < 1.29 is 24.5 Å². The summed E-state index contributed by atoms with van der Waals surface area (Å²) < 4.78 is 6.40. The number of hydrogen-bond donors (Lipinski definition) is 3. The van der Waals surface area contributed by atoms with Crippen LogP contribution in [0.4, 0.5) is 4.79 Å². The number of aliphatic hydroxyl groups excluding tert-OH is 1. The summed E-state index contributed by atoms with van der Waals surface area (Å²) >= 11 is 0. The summed E-state index contributed by atoms with van der Waals surface area (Å²) in [5.74, 6) is -1.28. The van der Waals surface area contributed by atoms with Crippen LogP contribution in [0.5, 0.6) is 0 Å². The average Bonchev–Trinajstić information content (AvgIpc) is 3.05. The van der Waals surface area contributed by atoms with Gasteiger partial charge in [-0.3, -0.25) is 4.68 Å². The first-order valence-electron chi connectivity index (χ1n) is 7.31. The third kappa shape index (κ3) is 5.06. The topological polar surface area (TPSA) is 127 Å². The van der Waals surface area contributed by atoms with Crippen LogP contribution in [0.25, 0.3) is 0 Å². The van der Waals surface area contributed by atoms with Crippen LogP contribution >= 0.6 is 0 Å². The number of alkyl carbamates (subject to hydrolysis) is 1. The van der Waals surface area contributed by atoms with E-state index in [0.717, 1.165) is 5.56 Å². The highest BCUT2D eigenvalue weighted by atomic mass is 16.5. The quantitative estimate of drug-likeness (QED) is 0.649. The Kier molecular flexibility index (Phi) is 6.26. The van der Waals surface area contributed by atoms with Gasteiger partial charge in [-0.2, -0.15) is 0 Å². The minimum Gasteiger partial charge on any atom is -0.479 e. The highest BCUT2D eigenvalue weighted by molar-refractivity contribution is 5.80. The van der Waals surface area contributed by atoms with Crippen molar-refractivity contribution in [2.24, 2.45) is 0 Å². The van der Waals surface area contributed by atoms with E-state index in [0.29, 0.717) is 13.0 Å². The number of benzene rings is 1. The smallest absolute Gasteiger partial charge is 0.408 e. The van der Waals surface area contributed by atoms with E-state index < -0.39 is 18.1 Å². The molecular weight excluding hydrogens is 316 g/mol. The Morgan fingerprint density at radius 3 is 2.71 bits per heavy atom. The predicted octanol–water partition coefficient (Wildman–Crippen LogP) is 0.713. The second-order valence-corrected chi connectivity index (χ2v) is 4.96. The molecule has 24 heavy (non-hydrogen) atoms.